The summed E-state index contributed by atoms with van der Waals surface area (Å²) in [6.07, 6.45) is 7.03. The molecule has 154 valence electrons. The largest absolute Gasteiger partial charge is 0.512 e. The van der Waals surface area contributed by atoms with Crippen LogP contribution in [0.15, 0.2) is 75.2 Å². The number of carbonyl (C=O) groups excluding carboxylic acids is 1. The van der Waals surface area contributed by atoms with Crippen LogP contribution in [0.4, 0.5) is 15.8 Å². The molecular weight excluding hydrogens is 377 g/mol. The van der Waals surface area contributed by atoms with Gasteiger partial charge in [0.2, 0.25) is 17.3 Å². The summed E-state index contributed by atoms with van der Waals surface area (Å²) in [4.78, 5) is 30.5. The van der Waals surface area contributed by atoms with Gasteiger partial charge in [-0.05, 0) is 36.8 Å². The van der Waals surface area contributed by atoms with Gasteiger partial charge in [-0.3, -0.25) is 14.4 Å². The smallest absolute Gasteiger partial charge is 0.249 e. The molecule has 0 atom stereocenters. The molecule has 1 aliphatic carbocycles. The van der Waals surface area contributed by atoms with E-state index in [2.05, 4.69) is 16.0 Å². The highest BCUT2D eigenvalue weighted by molar-refractivity contribution is 5.61. The molecule has 0 heterocycles. The topological polar surface area (TPSA) is 108 Å². The van der Waals surface area contributed by atoms with E-state index in [0.717, 1.165) is 11.3 Å². The monoisotopic (exact) mass is 401 g/mol. The molecule has 0 saturated heterocycles. The fourth-order valence-corrected chi connectivity index (χ4v) is 2.09. The Kier molecular flexibility index (Phi) is 9.60. The molecule has 3 rings (SSSR count). The molecule has 0 bridgehead atoms. The molecular formula is C21H24FN3O4. The Morgan fingerprint density at radius 3 is 2.38 bits per heavy atom. The fraction of sp³-hybridized carbons (Fsp3) is 0.190. The predicted molar refractivity (Wildman–Crippen MR) is 112 cm³/mol. The number of aliphatic hydroxyl groups excluding tert-OH is 1. The van der Waals surface area contributed by atoms with E-state index in [1.54, 1.807) is 13.1 Å². The SMILES string of the molecule is CNC1=CC=CC(C)=C(O)C1.CNC=O.O=c1cc(Nc2cccc(F)c2)c1=O. The third-order valence-corrected chi connectivity index (χ3v) is 3.74. The lowest BCUT2D eigenvalue weighted by Gasteiger charge is -2.05. The summed E-state index contributed by atoms with van der Waals surface area (Å²) in [6, 6.07) is 6.86. The Morgan fingerprint density at radius 2 is 1.86 bits per heavy atom. The van der Waals surface area contributed by atoms with Crippen molar-refractivity contribution in [3.8, 4) is 0 Å². The second kappa shape index (κ2) is 11.9. The standard InChI is InChI=1S/C10H6FNO2.C9H13NO.C2H5NO/c11-6-2-1-3-7(4-6)12-8-5-9(13)10(8)14;1-7-4-3-5-8(10-2)6-9(7)11;1-3-2-4/h1-5,12H;3-5,10-11H,6H2,1-2H3;2H,1H3,(H,3,4). The number of aliphatic hydroxyl groups is 1. The number of carbonyl (C=O) groups is 1. The minimum atomic E-state index is -0.561. The summed E-state index contributed by atoms with van der Waals surface area (Å²) in [7, 11) is 3.42. The van der Waals surface area contributed by atoms with Gasteiger partial charge >= 0.3 is 0 Å². The van der Waals surface area contributed by atoms with Crippen LogP contribution in [-0.4, -0.2) is 25.6 Å². The quantitative estimate of drug-likeness (QED) is 0.463. The lowest BCUT2D eigenvalue weighted by atomic mass is 10.2. The lowest BCUT2D eigenvalue weighted by molar-refractivity contribution is -0.109. The number of hydrogen-bond donors (Lipinski definition) is 4. The summed E-state index contributed by atoms with van der Waals surface area (Å²) in [5.41, 5.74) is 1.55. The van der Waals surface area contributed by atoms with E-state index < -0.39 is 16.7 Å². The predicted octanol–water partition coefficient (Wildman–Crippen LogP) is 2.41. The molecule has 0 spiro atoms. The van der Waals surface area contributed by atoms with Crippen LogP contribution in [0.1, 0.15) is 13.3 Å². The average molecular weight is 401 g/mol. The maximum atomic E-state index is 12.7. The second-order valence-electron chi connectivity index (χ2n) is 5.90. The number of hydrogen-bond acceptors (Lipinski definition) is 6. The van der Waals surface area contributed by atoms with E-state index in [1.165, 1.54) is 24.3 Å². The van der Waals surface area contributed by atoms with Gasteiger partial charge in [0.05, 0.1) is 5.69 Å². The molecule has 0 saturated carbocycles. The van der Waals surface area contributed by atoms with Crippen LogP contribution in [0, 0.1) is 5.82 Å². The highest BCUT2D eigenvalue weighted by atomic mass is 19.1. The molecule has 0 unspecified atom stereocenters. The van der Waals surface area contributed by atoms with Crippen LogP contribution >= 0.6 is 0 Å². The Labute approximate surface area is 168 Å². The van der Waals surface area contributed by atoms with Gasteiger partial charge in [-0.15, -0.1) is 0 Å². The fourth-order valence-electron chi connectivity index (χ4n) is 2.09. The minimum absolute atomic E-state index is 0.209. The average Bonchev–Trinajstić information content (AvgIpc) is 2.88. The Bertz CT molecular complexity index is 986. The molecule has 2 aromatic carbocycles. The first-order valence-corrected chi connectivity index (χ1v) is 8.70. The molecule has 7 nitrogen and oxygen atoms in total. The number of rotatable bonds is 4. The Morgan fingerprint density at radius 1 is 1.17 bits per heavy atom. The molecule has 8 heteroatoms. The van der Waals surface area contributed by atoms with Crippen molar-refractivity contribution < 1.29 is 14.3 Å². The molecule has 0 fully saturated rings. The third kappa shape index (κ3) is 7.84. The van der Waals surface area contributed by atoms with Crippen molar-refractivity contribution in [1.29, 1.82) is 0 Å². The second-order valence-corrected chi connectivity index (χ2v) is 5.90. The number of amides is 1. The number of allylic oxidation sites excluding steroid dienone is 4. The van der Waals surface area contributed by atoms with Gasteiger partial charge in [-0.2, -0.15) is 0 Å². The first kappa shape index (κ1) is 23.4. The van der Waals surface area contributed by atoms with E-state index in [1.807, 2.05) is 32.2 Å². The van der Waals surface area contributed by atoms with E-state index in [-0.39, 0.29) is 5.69 Å². The third-order valence-electron chi connectivity index (χ3n) is 3.74. The molecule has 0 radical (unpaired) electrons. The van der Waals surface area contributed by atoms with Gasteiger partial charge in [-0.25, -0.2) is 4.39 Å². The maximum Gasteiger partial charge on any atom is 0.249 e. The van der Waals surface area contributed by atoms with E-state index in [0.29, 0.717) is 24.3 Å². The Hall–Kier alpha value is -3.68. The van der Waals surface area contributed by atoms with Crippen molar-refractivity contribution in [2.75, 3.05) is 19.4 Å². The normalized spacial score (nSPS) is 12.5. The molecule has 0 aliphatic heterocycles. The summed E-state index contributed by atoms with van der Waals surface area (Å²) in [6.45, 7) is 1.90. The highest BCUT2D eigenvalue weighted by Gasteiger charge is 2.08. The van der Waals surface area contributed by atoms with Crippen molar-refractivity contribution in [3.63, 3.8) is 0 Å². The molecule has 1 amide bonds. The summed E-state index contributed by atoms with van der Waals surface area (Å²) >= 11 is 0. The summed E-state index contributed by atoms with van der Waals surface area (Å²) in [5, 5.41) is 17.3. The molecule has 2 aromatic rings. The number of benzene rings is 1. The van der Waals surface area contributed by atoms with E-state index in [4.69, 9.17) is 4.79 Å². The van der Waals surface area contributed by atoms with Crippen molar-refractivity contribution >= 4 is 17.8 Å². The zero-order valence-electron chi connectivity index (χ0n) is 16.5. The van der Waals surface area contributed by atoms with Gasteiger partial charge in [-0.1, -0.05) is 18.2 Å². The van der Waals surface area contributed by atoms with Gasteiger partial charge in [0.15, 0.2) is 0 Å². The zero-order valence-corrected chi connectivity index (χ0v) is 16.5. The maximum absolute atomic E-state index is 12.7. The van der Waals surface area contributed by atoms with Crippen LogP contribution in [0.25, 0.3) is 0 Å². The van der Waals surface area contributed by atoms with Gasteiger partial charge in [0.25, 0.3) is 0 Å². The van der Waals surface area contributed by atoms with Gasteiger partial charge < -0.3 is 21.1 Å². The van der Waals surface area contributed by atoms with Crippen LogP contribution in [0.5, 0.6) is 0 Å². The molecule has 1 aliphatic rings. The van der Waals surface area contributed by atoms with Gasteiger partial charge in [0, 0.05) is 38.0 Å². The lowest BCUT2D eigenvalue weighted by Crippen LogP contribution is -2.31. The van der Waals surface area contributed by atoms with Crippen molar-refractivity contribution in [2.24, 2.45) is 0 Å². The first-order valence-electron chi connectivity index (χ1n) is 8.70. The summed E-state index contributed by atoms with van der Waals surface area (Å²) < 4.78 is 12.7. The number of nitrogens with one attached hydrogen (secondary N) is 3. The van der Waals surface area contributed by atoms with Gasteiger partial charge in [0.1, 0.15) is 11.6 Å². The first-order chi connectivity index (χ1) is 13.8. The van der Waals surface area contributed by atoms with Crippen LogP contribution in [-0.2, 0) is 4.79 Å². The Balaban J connectivity index is 0.000000251. The molecule has 29 heavy (non-hydrogen) atoms. The van der Waals surface area contributed by atoms with E-state index >= 15 is 0 Å². The van der Waals surface area contributed by atoms with E-state index in [9.17, 15) is 19.1 Å². The van der Waals surface area contributed by atoms with Crippen molar-refractivity contribution in [2.45, 2.75) is 13.3 Å². The van der Waals surface area contributed by atoms with Crippen LogP contribution < -0.4 is 26.8 Å². The molecule has 4 N–H and O–H groups in total. The number of anilines is 2. The summed E-state index contributed by atoms with van der Waals surface area (Å²) in [5.74, 6) is 0.0491. The minimum Gasteiger partial charge on any atom is -0.512 e. The van der Waals surface area contributed by atoms with Crippen molar-refractivity contribution in [3.05, 3.63) is 91.9 Å². The zero-order chi connectivity index (χ0) is 21.8. The molecule has 0 aromatic heterocycles. The van der Waals surface area contributed by atoms with Crippen LogP contribution in [0.3, 0.4) is 0 Å². The van der Waals surface area contributed by atoms with Crippen molar-refractivity contribution in [1.82, 2.24) is 10.6 Å². The highest BCUT2D eigenvalue weighted by Crippen LogP contribution is 2.15. The number of halogens is 1. The van der Waals surface area contributed by atoms with Crippen LogP contribution in [0.2, 0.25) is 0 Å².